The Bertz CT molecular complexity index is 1170. The van der Waals surface area contributed by atoms with E-state index in [-0.39, 0.29) is 25.0 Å². The molecule has 1 heterocycles. The molecule has 0 fully saturated rings. The van der Waals surface area contributed by atoms with Crippen LogP contribution in [0.1, 0.15) is 78.1 Å². The number of carbonyl (C=O) groups is 2. The Balaban J connectivity index is 1.70. The summed E-state index contributed by atoms with van der Waals surface area (Å²) in [6.07, 6.45) is 1.50. The topological polar surface area (TPSA) is 75.6 Å². The van der Waals surface area contributed by atoms with Crippen molar-refractivity contribution in [1.82, 2.24) is 5.32 Å². The van der Waals surface area contributed by atoms with Gasteiger partial charge in [-0.15, -0.1) is 11.3 Å². The van der Waals surface area contributed by atoms with Gasteiger partial charge in [-0.1, -0.05) is 56.9 Å². The van der Waals surface area contributed by atoms with Gasteiger partial charge >= 0.3 is 12.1 Å². The second-order valence-corrected chi connectivity index (χ2v) is 10.1. The van der Waals surface area contributed by atoms with Crippen LogP contribution in [0.2, 0.25) is 0 Å². The Morgan fingerprint density at radius 3 is 2.16 bits per heavy atom. The molecule has 38 heavy (non-hydrogen) atoms. The maximum Gasteiger partial charge on any atom is 0.416 e. The molecule has 0 saturated heterocycles. The highest BCUT2D eigenvalue weighted by atomic mass is 32.1. The average Bonchev–Trinajstić information content (AvgIpc) is 3.38. The number of carbonyl (C=O) groups excluding carboxylic acids is 1. The summed E-state index contributed by atoms with van der Waals surface area (Å²) in [7, 11) is 0. The van der Waals surface area contributed by atoms with Gasteiger partial charge in [0.1, 0.15) is 11.9 Å². The van der Waals surface area contributed by atoms with Crippen LogP contribution in [-0.4, -0.2) is 23.5 Å². The van der Waals surface area contributed by atoms with E-state index in [4.69, 9.17) is 9.84 Å². The van der Waals surface area contributed by atoms with Gasteiger partial charge in [-0.05, 0) is 60.4 Å². The third kappa shape index (κ3) is 8.90. The molecule has 0 spiro atoms. The van der Waals surface area contributed by atoms with E-state index >= 15 is 0 Å². The normalized spacial score (nSPS) is 12.2. The fourth-order valence-corrected chi connectivity index (χ4v) is 4.94. The highest BCUT2D eigenvalue weighted by Gasteiger charge is 2.30. The molecule has 1 aromatic heterocycles. The number of ether oxygens (including phenoxy) is 1. The fourth-order valence-electron chi connectivity index (χ4n) is 3.95. The van der Waals surface area contributed by atoms with Crippen LogP contribution in [0.25, 0.3) is 11.1 Å². The lowest BCUT2D eigenvalue weighted by atomic mass is 10.0. The SMILES string of the molecule is CCCCCCC[C@H](Oc1ccc(-c2ccc(C(F)(F)F)cc2)cc1)c1ccc(C(=O)NCCC(=O)O)s1. The van der Waals surface area contributed by atoms with E-state index in [0.717, 1.165) is 54.7 Å². The first-order chi connectivity index (χ1) is 18.2. The number of carboxylic acid groups (broad SMARTS) is 1. The number of rotatable bonds is 14. The minimum absolute atomic E-state index is 0.0596. The standard InChI is InChI=1S/C29H32F3NO4S/c1-2-3-4-5-6-7-24(25-16-17-26(38-25)28(36)33-19-18-27(34)35)37-23-14-10-21(11-15-23)20-8-12-22(13-9-20)29(30,31)32/h8-17,24H,2-7,18-19H2,1H3,(H,33,36)(H,34,35)/t24-/m0/s1. The van der Waals surface area contributed by atoms with Gasteiger partial charge in [0.2, 0.25) is 0 Å². The largest absolute Gasteiger partial charge is 0.485 e. The summed E-state index contributed by atoms with van der Waals surface area (Å²) >= 11 is 1.32. The number of aliphatic carboxylic acids is 1. The third-order valence-corrected chi connectivity index (χ3v) is 7.22. The number of hydrogen-bond donors (Lipinski definition) is 2. The van der Waals surface area contributed by atoms with Gasteiger partial charge in [0.25, 0.3) is 5.91 Å². The Labute approximate surface area is 224 Å². The number of unbranched alkanes of at least 4 members (excludes halogenated alkanes) is 4. The maximum absolute atomic E-state index is 12.9. The summed E-state index contributed by atoms with van der Waals surface area (Å²) in [6.45, 7) is 2.22. The van der Waals surface area contributed by atoms with Crippen LogP contribution in [-0.2, 0) is 11.0 Å². The number of amides is 1. The lowest BCUT2D eigenvalue weighted by Gasteiger charge is -2.18. The van der Waals surface area contributed by atoms with Crippen LogP contribution in [0.4, 0.5) is 13.2 Å². The summed E-state index contributed by atoms with van der Waals surface area (Å²) in [5.41, 5.74) is 0.765. The van der Waals surface area contributed by atoms with Crippen LogP contribution in [0, 0.1) is 0 Å². The summed E-state index contributed by atoms with van der Waals surface area (Å²) in [6, 6.07) is 15.8. The zero-order chi connectivity index (χ0) is 27.5. The fraction of sp³-hybridized carbons (Fsp3) is 0.379. The van der Waals surface area contributed by atoms with Crippen LogP contribution in [0.3, 0.4) is 0 Å². The molecule has 5 nitrogen and oxygen atoms in total. The smallest absolute Gasteiger partial charge is 0.416 e. The quantitative estimate of drug-likeness (QED) is 0.200. The van der Waals surface area contributed by atoms with Crippen molar-refractivity contribution < 1.29 is 32.6 Å². The molecule has 0 aliphatic carbocycles. The van der Waals surface area contributed by atoms with Crippen molar-refractivity contribution in [3.63, 3.8) is 0 Å². The van der Waals surface area contributed by atoms with E-state index in [1.54, 1.807) is 18.2 Å². The first-order valence-corrected chi connectivity index (χ1v) is 13.5. The molecule has 1 amide bonds. The molecule has 9 heteroatoms. The molecule has 0 saturated carbocycles. The second kappa shape index (κ2) is 14.0. The van der Waals surface area contributed by atoms with E-state index < -0.39 is 17.7 Å². The molecule has 0 radical (unpaired) electrons. The predicted molar refractivity (Wildman–Crippen MR) is 143 cm³/mol. The second-order valence-electron chi connectivity index (χ2n) is 9.01. The van der Waals surface area contributed by atoms with Gasteiger partial charge in [-0.25, -0.2) is 0 Å². The summed E-state index contributed by atoms with van der Waals surface area (Å²) in [4.78, 5) is 24.5. The minimum Gasteiger partial charge on any atom is -0.485 e. The number of alkyl halides is 3. The highest BCUT2D eigenvalue weighted by Crippen LogP contribution is 2.34. The van der Waals surface area contributed by atoms with Crippen molar-refractivity contribution in [3.05, 3.63) is 76.0 Å². The summed E-state index contributed by atoms with van der Waals surface area (Å²) in [5.74, 6) is -0.664. The molecule has 2 aromatic carbocycles. The number of hydrogen-bond acceptors (Lipinski definition) is 4. The van der Waals surface area contributed by atoms with Gasteiger partial charge in [0, 0.05) is 11.4 Å². The third-order valence-electron chi connectivity index (χ3n) is 6.04. The lowest BCUT2D eigenvalue weighted by molar-refractivity contribution is -0.138. The molecule has 0 unspecified atom stereocenters. The zero-order valence-corrected chi connectivity index (χ0v) is 22.0. The average molecular weight is 548 g/mol. The Morgan fingerprint density at radius 2 is 1.55 bits per heavy atom. The van der Waals surface area contributed by atoms with E-state index in [1.165, 1.54) is 29.9 Å². The van der Waals surface area contributed by atoms with Crippen molar-refractivity contribution in [2.45, 2.75) is 64.1 Å². The number of thiophene rings is 1. The van der Waals surface area contributed by atoms with Gasteiger partial charge < -0.3 is 15.2 Å². The molecular weight excluding hydrogens is 515 g/mol. The van der Waals surface area contributed by atoms with Crippen LogP contribution < -0.4 is 10.1 Å². The molecule has 1 atom stereocenters. The summed E-state index contributed by atoms with van der Waals surface area (Å²) < 4.78 is 44.9. The van der Waals surface area contributed by atoms with Gasteiger partial charge in [0.15, 0.2) is 0 Å². The maximum atomic E-state index is 12.9. The van der Waals surface area contributed by atoms with Crippen LogP contribution >= 0.6 is 11.3 Å². The van der Waals surface area contributed by atoms with E-state index in [0.29, 0.717) is 16.2 Å². The van der Waals surface area contributed by atoms with Gasteiger partial charge in [0.05, 0.1) is 16.9 Å². The van der Waals surface area contributed by atoms with E-state index in [2.05, 4.69) is 12.2 Å². The molecule has 0 bridgehead atoms. The van der Waals surface area contributed by atoms with Crippen LogP contribution in [0.15, 0.2) is 60.7 Å². The number of carboxylic acids is 1. The van der Waals surface area contributed by atoms with Crippen molar-refractivity contribution in [2.24, 2.45) is 0 Å². The highest BCUT2D eigenvalue weighted by molar-refractivity contribution is 7.14. The van der Waals surface area contributed by atoms with E-state index in [9.17, 15) is 22.8 Å². The number of halogens is 3. The Morgan fingerprint density at radius 1 is 0.921 bits per heavy atom. The van der Waals surface area contributed by atoms with Crippen LogP contribution in [0.5, 0.6) is 5.75 Å². The predicted octanol–water partition coefficient (Wildman–Crippen LogP) is 8.12. The van der Waals surface area contributed by atoms with E-state index in [1.807, 2.05) is 18.2 Å². The molecule has 3 aromatic rings. The van der Waals surface area contributed by atoms with Crippen molar-refractivity contribution in [3.8, 4) is 16.9 Å². The Hall–Kier alpha value is -3.33. The Kier molecular flexibility index (Phi) is 10.8. The molecule has 204 valence electrons. The summed E-state index contributed by atoms with van der Waals surface area (Å²) in [5, 5.41) is 11.4. The first-order valence-electron chi connectivity index (χ1n) is 12.7. The first kappa shape index (κ1) is 29.2. The number of benzene rings is 2. The molecule has 0 aliphatic rings. The molecular formula is C29H32F3NO4S. The monoisotopic (exact) mass is 547 g/mol. The van der Waals surface area contributed by atoms with Gasteiger partial charge in [-0.3, -0.25) is 9.59 Å². The van der Waals surface area contributed by atoms with Crippen molar-refractivity contribution >= 4 is 23.2 Å². The van der Waals surface area contributed by atoms with Crippen molar-refractivity contribution in [2.75, 3.05) is 6.54 Å². The minimum atomic E-state index is -4.37. The van der Waals surface area contributed by atoms with Gasteiger partial charge in [-0.2, -0.15) is 13.2 Å². The molecule has 2 N–H and O–H groups in total. The lowest BCUT2D eigenvalue weighted by Crippen LogP contribution is -2.25. The van der Waals surface area contributed by atoms with Crippen molar-refractivity contribution in [1.29, 1.82) is 0 Å². The molecule has 3 rings (SSSR count). The molecule has 0 aliphatic heterocycles. The zero-order valence-electron chi connectivity index (χ0n) is 21.2. The number of nitrogens with one attached hydrogen (secondary N) is 1.